The van der Waals surface area contributed by atoms with Gasteiger partial charge in [-0.15, -0.1) is 11.3 Å². The van der Waals surface area contributed by atoms with Crippen LogP contribution in [0.25, 0.3) is 0 Å². The number of imide groups is 1. The van der Waals surface area contributed by atoms with Crippen LogP contribution in [-0.4, -0.2) is 17.9 Å². The van der Waals surface area contributed by atoms with Crippen molar-refractivity contribution in [3.63, 3.8) is 0 Å². The standard InChI is InChI=1S/C21H16N2O3S/c24-20-17-18(16-12-7-13-27-16)23(15-10-5-2-6-11-15)26-19(17)21(25)22(20)14-8-3-1-4-9-14/h1-13,17-19H/t17-,18-,19-/m0/s1. The maximum absolute atomic E-state index is 13.3. The van der Waals surface area contributed by atoms with E-state index in [1.165, 1.54) is 4.90 Å². The van der Waals surface area contributed by atoms with E-state index in [1.54, 1.807) is 28.5 Å². The Labute approximate surface area is 160 Å². The SMILES string of the molecule is O=C1[C@@H]2[C@H](ON(c3ccccc3)[C@H]2c2cccs2)C(=O)N1c1ccccc1. The number of para-hydroxylation sites is 2. The second kappa shape index (κ2) is 6.33. The monoisotopic (exact) mass is 376 g/mol. The molecule has 5 nitrogen and oxygen atoms in total. The highest BCUT2D eigenvalue weighted by Gasteiger charge is 2.60. The number of hydrogen-bond donors (Lipinski definition) is 0. The zero-order valence-corrected chi connectivity index (χ0v) is 15.1. The summed E-state index contributed by atoms with van der Waals surface area (Å²) in [5.74, 6) is -1.10. The van der Waals surface area contributed by atoms with Crippen molar-refractivity contribution in [2.45, 2.75) is 12.1 Å². The van der Waals surface area contributed by atoms with Crippen molar-refractivity contribution in [1.29, 1.82) is 0 Å². The molecule has 5 rings (SSSR count). The van der Waals surface area contributed by atoms with Crippen LogP contribution in [0.4, 0.5) is 11.4 Å². The number of hydroxylamine groups is 1. The third kappa shape index (κ3) is 2.49. The molecule has 0 N–H and O–H groups in total. The molecule has 2 saturated heterocycles. The van der Waals surface area contributed by atoms with Crippen molar-refractivity contribution in [2.24, 2.45) is 5.92 Å². The minimum Gasteiger partial charge on any atom is -0.273 e. The summed E-state index contributed by atoms with van der Waals surface area (Å²) in [6.45, 7) is 0. The molecule has 2 aliphatic rings. The zero-order valence-electron chi connectivity index (χ0n) is 14.3. The van der Waals surface area contributed by atoms with Crippen LogP contribution in [0.5, 0.6) is 0 Å². The molecule has 27 heavy (non-hydrogen) atoms. The first-order valence-corrected chi connectivity index (χ1v) is 9.61. The third-order valence-electron chi connectivity index (χ3n) is 4.98. The second-order valence-corrected chi connectivity index (χ2v) is 7.50. The molecule has 0 bridgehead atoms. The van der Waals surface area contributed by atoms with Crippen LogP contribution in [0, 0.1) is 5.92 Å². The largest absolute Gasteiger partial charge is 0.273 e. The lowest BCUT2D eigenvalue weighted by molar-refractivity contribution is -0.126. The number of hydrogen-bond acceptors (Lipinski definition) is 5. The van der Waals surface area contributed by atoms with Gasteiger partial charge in [-0.3, -0.25) is 14.4 Å². The molecule has 0 saturated carbocycles. The molecular formula is C21H16N2O3S. The first kappa shape index (κ1) is 16.2. The number of fused-ring (bicyclic) bond motifs is 1. The average Bonchev–Trinajstić information content (AvgIpc) is 3.41. The lowest BCUT2D eigenvalue weighted by Gasteiger charge is -2.27. The molecule has 2 aromatic carbocycles. The summed E-state index contributed by atoms with van der Waals surface area (Å²) in [5, 5.41) is 3.70. The average molecular weight is 376 g/mol. The van der Waals surface area contributed by atoms with Gasteiger partial charge in [0.1, 0.15) is 12.0 Å². The van der Waals surface area contributed by atoms with Crippen molar-refractivity contribution in [2.75, 3.05) is 9.96 Å². The number of rotatable bonds is 3. The number of thiophene rings is 1. The van der Waals surface area contributed by atoms with Gasteiger partial charge in [-0.25, -0.2) is 9.96 Å². The van der Waals surface area contributed by atoms with Crippen LogP contribution in [0.1, 0.15) is 10.9 Å². The van der Waals surface area contributed by atoms with Crippen molar-refractivity contribution in [3.8, 4) is 0 Å². The van der Waals surface area contributed by atoms with Gasteiger partial charge in [-0.2, -0.15) is 0 Å². The van der Waals surface area contributed by atoms with Gasteiger partial charge in [0.2, 0.25) is 5.91 Å². The smallest absolute Gasteiger partial charge is 0.266 e. The van der Waals surface area contributed by atoms with Crippen LogP contribution in [0.2, 0.25) is 0 Å². The van der Waals surface area contributed by atoms with E-state index in [-0.39, 0.29) is 17.9 Å². The summed E-state index contributed by atoms with van der Waals surface area (Å²) in [7, 11) is 0. The first-order valence-electron chi connectivity index (χ1n) is 8.73. The van der Waals surface area contributed by atoms with Crippen molar-refractivity contribution >= 4 is 34.5 Å². The van der Waals surface area contributed by atoms with Crippen LogP contribution in [0.3, 0.4) is 0 Å². The Morgan fingerprint density at radius 2 is 1.44 bits per heavy atom. The number of benzene rings is 2. The Hall–Kier alpha value is -2.96. The summed E-state index contributed by atoms with van der Waals surface area (Å²) in [4.78, 5) is 34.7. The zero-order chi connectivity index (χ0) is 18.4. The molecule has 0 unspecified atom stereocenters. The molecule has 2 aliphatic heterocycles. The molecule has 0 spiro atoms. The minimum atomic E-state index is -0.815. The van der Waals surface area contributed by atoms with Crippen LogP contribution in [0.15, 0.2) is 78.2 Å². The van der Waals surface area contributed by atoms with E-state index < -0.39 is 12.0 Å². The number of carbonyl (C=O) groups is 2. The van der Waals surface area contributed by atoms with Crippen LogP contribution < -0.4 is 9.96 Å². The molecule has 0 aliphatic carbocycles. The van der Waals surface area contributed by atoms with Crippen LogP contribution >= 0.6 is 11.3 Å². The van der Waals surface area contributed by atoms with Gasteiger partial charge >= 0.3 is 0 Å². The van der Waals surface area contributed by atoms with E-state index in [1.807, 2.05) is 66.0 Å². The lowest BCUT2D eigenvalue weighted by Crippen LogP contribution is -2.37. The molecule has 2 fully saturated rings. The van der Waals surface area contributed by atoms with E-state index in [2.05, 4.69) is 0 Å². The maximum Gasteiger partial charge on any atom is 0.266 e. The van der Waals surface area contributed by atoms with Gasteiger partial charge in [-0.05, 0) is 35.7 Å². The highest BCUT2D eigenvalue weighted by molar-refractivity contribution is 7.10. The van der Waals surface area contributed by atoms with Crippen molar-refractivity contribution in [1.82, 2.24) is 0 Å². The molecular weight excluding hydrogens is 360 g/mol. The molecule has 134 valence electrons. The predicted octanol–water partition coefficient (Wildman–Crippen LogP) is 3.80. The summed E-state index contributed by atoms with van der Waals surface area (Å²) in [5.41, 5.74) is 1.42. The van der Waals surface area contributed by atoms with E-state index in [9.17, 15) is 9.59 Å². The van der Waals surface area contributed by atoms with Gasteiger partial charge in [0.25, 0.3) is 5.91 Å². The summed E-state index contributed by atoms with van der Waals surface area (Å²) in [6, 6.07) is 22.2. The molecule has 3 heterocycles. The predicted molar refractivity (Wildman–Crippen MR) is 103 cm³/mol. The van der Waals surface area contributed by atoms with Crippen molar-refractivity contribution in [3.05, 3.63) is 83.1 Å². The number of carbonyl (C=O) groups excluding carboxylic acids is 2. The Balaban J connectivity index is 1.58. The Morgan fingerprint density at radius 3 is 2.07 bits per heavy atom. The Bertz CT molecular complexity index is 975. The normalized spacial score (nSPS) is 24.5. The molecule has 1 aromatic heterocycles. The van der Waals surface area contributed by atoms with E-state index >= 15 is 0 Å². The number of anilines is 2. The highest BCUT2D eigenvalue weighted by Crippen LogP contribution is 2.48. The Kier molecular flexibility index (Phi) is 3.81. The number of nitrogens with zero attached hydrogens (tertiary/aromatic N) is 2. The highest BCUT2D eigenvalue weighted by atomic mass is 32.1. The summed E-state index contributed by atoms with van der Waals surface area (Å²) in [6.07, 6.45) is -0.815. The van der Waals surface area contributed by atoms with E-state index in [4.69, 9.17) is 4.84 Å². The number of amides is 2. The van der Waals surface area contributed by atoms with Gasteiger partial charge in [0.05, 0.1) is 11.4 Å². The molecule has 2 amide bonds. The van der Waals surface area contributed by atoms with Gasteiger partial charge in [-0.1, -0.05) is 42.5 Å². The van der Waals surface area contributed by atoms with E-state index in [0.717, 1.165) is 10.6 Å². The fourth-order valence-corrected chi connectivity index (χ4v) is 4.65. The Morgan fingerprint density at radius 1 is 0.778 bits per heavy atom. The lowest BCUT2D eigenvalue weighted by atomic mass is 9.95. The van der Waals surface area contributed by atoms with Crippen LogP contribution in [-0.2, 0) is 14.4 Å². The molecule has 3 aromatic rings. The maximum atomic E-state index is 13.3. The van der Waals surface area contributed by atoms with Gasteiger partial charge < -0.3 is 0 Å². The fourth-order valence-electron chi connectivity index (χ4n) is 3.79. The minimum absolute atomic E-state index is 0.215. The topological polar surface area (TPSA) is 49.9 Å². The molecule has 0 radical (unpaired) electrons. The van der Waals surface area contributed by atoms with Gasteiger partial charge in [0, 0.05) is 4.88 Å². The van der Waals surface area contributed by atoms with Gasteiger partial charge in [0.15, 0.2) is 6.10 Å². The van der Waals surface area contributed by atoms with E-state index in [0.29, 0.717) is 5.69 Å². The third-order valence-corrected chi connectivity index (χ3v) is 5.92. The quantitative estimate of drug-likeness (QED) is 0.653. The fraction of sp³-hybridized carbons (Fsp3) is 0.143. The molecule has 6 heteroatoms. The second-order valence-electron chi connectivity index (χ2n) is 6.52. The first-order chi connectivity index (χ1) is 13.3. The summed E-state index contributed by atoms with van der Waals surface area (Å²) >= 11 is 1.56. The van der Waals surface area contributed by atoms with Crippen molar-refractivity contribution < 1.29 is 14.4 Å². The summed E-state index contributed by atoms with van der Waals surface area (Å²) < 4.78 is 0. The molecule has 3 atom stereocenters.